The van der Waals surface area contributed by atoms with Gasteiger partial charge in [0.1, 0.15) is 5.75 Å². The lowest BCUT2D eigenvalue weighted by atomic mass is 10.0. The molecule has 1 aliphatic rings. The number of ether oxygens (including phenoxy) is 1. The predicted molar refractivity (Wildman–Crippen MR) is 118 cm³/mol. The molecule has 8 nitrogen and oxygen atoms in total. The average molecular weight is 442 g/mol. The molecule has 1 fully saturated rings. The fourth-order valence-corrected chi connectivity index (χ4v) is 5.48. The van der Waals surface area contributed by atoms with Gasteiger partial charge in [0.05, 0.1) is 18.1 Å². The maximum absolute atomic E-state index is 13.1. The van der Waals surface area contributed by atoms with Crippen LogP contribution in [-0.2, 0) is 16.6 Å². The third-order valence-corrected chi connectivity index (χ3v) is 7.53. The van der Waals surface area contributed by atoms with Crippen molar-refractivity contribution in [3.8, 4) is 5.75 Å². The van der Waals surface area contributed by atoms with Gasteiger partial charge in [0.25, 0.3) is 5.69 Å². The summed E-state index contributed by atoms with van der Waals surface area (Å²) in [6.45, 7) is 2.36. The van der Waals surface area contributed by atoms with E-state index in [1.165, 1.54) is 39.9 Å². The predicted octanol–water partition coefficient (Wildman–Crippen LogP) is 3.26. The summed E-state index contributed by atoms with van der Waals surface area (Å²) in [7, 11) is -2.61. The second kappa shape index (κ2) is 8.62. The molecule has 1 saturated heterocycles. The lowest BCUT2D eigenvalue weighted by Crippen LogP contribution is -2.48. The maximum Gasteiger partial charge on any atom is 0.293 e. The maximum atomic E-state index is 13.1. The van der Waals surface area contributed by atoms with E-state index in [1.54, 1.807) is 0 Å². The van der Waals surface area contributed by atoms with Crippen LogP contribution >= 0.6 is 0 Å². The van der Waals surface area contributed by atoms with Crippen LogP contribution in [0.25, 0.3) is 10.8 Å². The van der Waals surface area contributed by atoms with Crippen molar-refractivity contribution in [3.63, 3.8) is 0 Å². The van der Waals surface area contributed by atoms with Crippen LogP contribution in [0.2, 0.25) is 0 Å². The van der Waals surface area contributed by atoms with Crippen molar-refractivity contribution >= 4 is 26.5 Å². The smallest absolute Gasteiger partial charge is 0.293 e. The van der Waals surface area contributed by atoms with Crippen LogP contribution in [0.15, 0.2) is 65.6 Å². The van der Waals surface area contributed by atoms with Gasteiger partial charge in [-0.25, -0.2) is 8.42 Å². The molecule has 0 aliphatic carbocycles. The number of piperazine rings is 1. The van der Waals surface area contributed by atoms with E-state index in [-0.39, 0.29) is 23.7 Å². The Morgan fingerprint density at radius 2 is 1.71 bits per heavy atom. The minimum atomic E-state index is -3.98. The van der Waals surface area contributed by atoms with Gasteiger partial charge in [-0.05, 0) is 28.5 Å². The second-order valence-corrected chi connectivity index (χ2v) is 9.32. The van der Waals surface area contributed by atoms with Crippen molar-refractivity contribution in [1.82, 2.24) is 9.21 Å². The first-order chi connectivity index (χ1) is 14.9. The molecule has 0 atom stereocenters. The summed E-state index contributed by atoms with van der Waals surface area (Å²) in [5.41, 5.74) is 0.720. The summed E-state index contributed by atoms with van der Waals surface area (Å²) in [5.74, 6) is 0.241. The van der Waals surface area contributed by atoms with Gasteiger partial charge in [0.2, 0.25) is 10.0 Å². The first-order valence-corrected chi connectivity index (χ1v) is 11.4. The normalized spacial score (nSPS) is 15.8. The third kappa shape index (κ3) is 4.25. The topological polar surface area (TPSA) is 93.0 Å². The highest BCUT2D eigenvalue weighted by Gasteiger charge is 2.34. The monoisotopic (exact) mass is 441 g/mol. The largest absolute Gasteiger partial charge is 0.497 e. The zero-order valence-corrected chi connectivity index (χ0v) is 17.9. The number of hydrogen-bond donors (Lipinski definition) is 0. The fourth-order valence-electron chi connectivity index (χ4n) is 3.92. The van der Waals surface area contributed by atoms with E-state index in [0.29, 0.717) is 13.1 Å². The Balaban J connectivity index is 1.50. The van der Waals surface area contributed by atoms with Gasteiger partial charge in [-0.15, -0.1) is 0 Å². The van der Waals surface area contributed by atoms with Crippen molar-refractivity contribution in [2.24, 2.45) is 0 Å². The minimum absolute atomic E-state index is 0.241. The Morgan fingerprint density at radius 1 is 1.00 bits per heavy atom. The molecule has 0 unspecified atom stereocenters. The standard InChI is InChI=1S/C22H23N3O5S/c1-30-19-9-10-22(21(15-19)25(26)27)31(28,29)24-13-11-23(12-14-24)16-18-7-4-6-17-5-2-3-8-20(17)18/h2-10,15H,11-14,16H2,1H3. The van der Waals surface area contributed by atoms with Crippen molar-refractivity contribution < 1.29 is 18.1 Å². The van der Waals surface area contributed by atoms with Crippen LogP contribution in [0, 0.1) is 10.1 Å². The Labute approximate surface area is 180 Å². The summed E-state index contributed by atoms with van der Waals surface area (Å²) < 4.78 is 32.5. The van der Waals surface area contributed by atoms with E-state index in [0.717, 1.165) is 12.6 Å². The molecule has 0 spiro atoms. The van der Waals surface area contributed by atoms with Crippen molar-refractivity contribution in [1.29, 1.82) is 0 Å². The van der Waals surface area contributed by atoms with E-state index in [1.807, 2.05) is 18.2 Å². The van der Waals surface area contributed by atoms with Crippen LogP contribution < -0.4 is 4.74 Å². The molecule has 4 rings (SSSR count). The Morgan fingerprint density at radius 3 is 2.42 bits per heavy atom. The first kappa shape index (κ1) is 21.2. The quantitative estimate of drug-likeness (QED) is 0.431. The highest BCUT2D eigenvalue weighted by Crippen LogP contribution is 2.31. The van der Waals surface area contributed by atoms with Crippen molar-refractivity contribution in [2.45, 2.75) is 11.4 Å². The molecule has 0 bridgehead atoms. The zero-order valence-electron chi connectivity index (χ0n) is 17.1. The van der Waals surface area contributed by atoms with Crippen LogP contribution in [0.3, 0.4) is 0 Å². The number of hydrogen-bond acceptors (Lipinski definition) is 6. The van der Waals surface area contributed by atoms with Gasteiger partial charge >= 0.3 is 0 Å². The van der Waals surface area contributed by atoms with E-state index < -0.39 is 20.6 Å². The number of nitro groups is 1. The number of nitrogens with zero attached hydrogens (tertiary/aromatic N) is 3. The van der Waals surface area contributed by atoms with Crippen LogP contribution in [-0.4, -0.2) is 55.8 Å². The number of benzene rings is 3. The van der Waals surface area contributed by atoms with Gasteiger partial charge in [-0.1, -0.05) is 42.5 Å². The summed E-state index contributed by atoms with van der Waals surface area (Å²) >= 11 is 0. The van der Waals surface area contributed by atoms with Gasteiger partial charge in [0, 0.05) is 32.7 Å². The number of methoxy groups -OCH3 is 1. The average Bonchev–Trinajstić information content (AvgIpc) is 2.79. The molecule has 0 aromatic heterocycles. The van der Waals surface area contributed by atoms with Crippen LogP contribution in [0.5, 0.6) is 5.75 Å². The summed E-state index contributed by atoms with van der Waals surface area (Å²) in [5, 5.41) is 13.8. The van der Waals surface area contributed by atoms with E-state index >= 15 is 0 Å². The SMILES string of the molecule is COc1ccc(S(=O)(=O)N2CCN(Cc3cccc4ccccc34)CC2)c([N+](=O)[O-])c1. The highest BCUT2D eigenvalue weighted by atomic mass is 32.2. The van der Waals surface area contributed by atoms with Gasteiger partial charge in [0.15, 0.2) is 4.90 Å². The molecule has 9 heteroatoms. The highest BCUT2D eigenvalue weighted by molar-refractivity contribution is 7.89. The number of rotatable bonds is 6. The summed E-state index contributed by atoms with van der Waals surface area (Å²) in [6.07, 6.45) is 0. The summed E-state index contributed by atoms with van der Waals surface area (Å²) in [6, 6.07) is 18.2. The molecule has 1 aliphatic heterocycles. The van der Waals surface area contributed by atoms with Crippen LogP contribution in [0.1, 0.15) is 5.56 Å². The van der Waals surface area contributed by atoms with Crippen molar-refractivity contribution in [2.75, 3.05) is 33.3 Å². The Bertz CT molecular complexity index is 1220. The number of fused-ring (bicyclic) bond motifs is 1. The molecule has 162 valence electrons. The molecule has 0 N–H and O–H groups in total. The van der Waals surface area contributed by atoms with E-state index in [2.05, 4.69) is 29.2 Å². The molecule has 0 amide bonds. The minimum Gasteiger partial charge on any atom is -0.497 e. The number of nitro benzene ring substituents is 1. The lowest BCUT2D eigenvalue weighted by molar-refractivity contribution is -0.387. The molecular weight excluding hydrogens is 418 g/mol. The molecule has 0 saturated carbocycles. The Kier molecular flexibility index (Phi) is 5.90. The number of sulfonamides is 1. The van der Waals surface area contributed by atoms with Gasteiger partial charge in [-0.3, -0.25) is 15.0 Å². The van der Waals surface area contributed by atoms with E-state index in [4.69, 9.17) is 4.74 Å². The fraction of sp³-hybridized carbons (Fsp3) is 0.273. The van der Waals surface area contributed by atoms with Gasteiger partial charge < -0.3 is 4.74 Å². The first-order valence-electron chi connectivity index (χ1n) is 9.92. The molecule has 1 heterocycles. The Hall–Kier alpha value is -3.01. The molecular formula is C22H23N3O5S. The molecule has 3 aromatic carbocycles. The van der Waals surface area contributed by atoms with E-state index in [9.17, 15) is 18.5 Å². The van der Waals surface area contributed by atoms with Gasteiger partial charge in [-0.2, -0.15) is 4.31 Å². The lowest BCUT2D eigenvalue weighted by Gasteiger charge is -2.34. The second-order valence-electron chi connectivity index (χ2n) is 7.41. The third-order valence-electron chi connectivity index (χ3n) is 5.59. The van der Waals surface area contributed by atoms with Crippen molar-refractivity contribution in [3.05, 3.63) is 76.3 Å². The molecule has 0 radical (unpaired) electrons. The molecule has 3 aromatic rings. The van der Waals surface area contributed by atoms with Crippen LogP contribution in [0.4, 0.5) is 5.69 Å². The molecule has 31 heavy (non-hydrogen) atoms. The summed E-state index contributed by atoms with van der Waals surface area (Å²) in [4.78, 5) is 12.7. The zero-order chi connectivity index (χ0) is 22.0.